The summed E-state index contributed by atoms with van der Waals surface area (Å²) in [6, 6.07) is 9.62. The van der Waals surface area contributed by atoms with Crippen molar-refractivity contribution < 1.29 is 9.18 Å². The summed E-state index contributed by atoms with van der Waals surface area (Å²) in [6.45, 7) is 4.04. The van der Waals surface area contributed by atoms with Crippen LogP contribution in [0.2, 0.25) is 0 Å². The van der Waals surface area contributed by atoms with Gasteiger partial charge in [0.25, 0.3) is 5.91 Å². The van der Waals surface area contributed by atoms with Crippen molar-refractivity contribution in [2.24, 2.45) is 0 Å². The minimum atomic E-state index is -0.333. The van der Waals surface area contributed by atoms with E-state index in [2.05, 4.69) is 17.2 Å². The molecule has 0 aliphatic carbocycles. The van der Waals surface area contributed by atoms with Crippen LogP contribution in [0.15, 0.2) is 42.6 Å². The third-order valence-corrected chi connectivity index (χ3v) is 3.66. The molecule has 1 N–H and O–H groups in total. The zero-order valence-corrected chi connectivity index (χ0v) is 13.1. The number of imidazole rings is 1. The highest BCUT2D eigenvalue weighted by Gasteiger charge is 2.19. The molecule has 23 heavy (non-hydrogen) atoms. The number of carbonyl (C=O) groups is 1. The summed E-state index contributed by atoms with van der Waals surface area (Å²) in [6.07, 6.45) is 3.49. The quantitative estimate of drug-likeness (QED) is 0.792. The van der Waals surface area contributed by atoms with Crippen molar-refractivity contribution in [1.29, 1.82) is 0 Å². The predicted octanol–water partition coefficient (Wildman–Crippen LogP) is 3.99. The Hall–Kier alpha value is -2.69. The van der Waals surface area contributed by atoms with Gasteiger partial charge < -0.3 is 5.32 Å². The number of aromatic nitrogens is 2. The highest BCUT2D eigenvalue weighted by Crippen LogP contribution is 2.18. The number of carbonyl (C=O) groups excluding carboxylic acids is 1. The molecule has 1 aromatic carbocycles. The molecule has 5 heteroatoms. The van der Waals surface area contributed by atoms with Crippen LogP contribution in [0.1, 0.15) is 35.1 Å². The average molecular weight is 311 g/mol. The topological polar surface area (TPSA) is 46.4 Å². The molecule has 0 saturated carbocycles. The zero-order chi connectivity index (χ0) is 16.4. The van der Waals surface area contributed by atoms with Gasteiger partial charge in [0.15, 0.2) is 0 Å². The van der Waals surface area contributed by atoms with Crippen LogP contribution in [-0.4, -0.2) is 15.3 Å². The molecule has 2 heterocycles. The van der Waals surface area contributed by atoms with Gasteiger partial charge in [-0.3, -0.25) is 9.20 Å². The van der Waals surface area contributed by atoms with Gasteiger partial charge in [0.05, 0.1) is 5.69 Å². The lowest BCUT2D eigenvalue weighted by atomic mass is 10.2. The molecule has 0 atom stereocenters. The fraction of sp³-hybridized carbons (Fsp3) is 0.222. The number of nitrogens with zero attached hydrogens (tertiary/aromatic N) is 2. The lowest BCUT2D eigenvalue weighted by molar-refractivity contribution is 0.102. The summed E-state index contributed by atoms with van der Waals surface area (Å²) >= 11 is 0. The van der Waals surface area contributed by atoms with Crippen LogP contribution >= 0.6 is 0 Å². The molecule has 0 saturated heterocycles. The Morgan fingerprint density at radius 3 is 2.70 bits per heavy atom. The number of amides is 1. The van der Waals surface area contributed by atoms with Gasteiger partial charge in [-0.2, -0.15) is 0 Å². The smallest absolute Gasteiger partial charge is 0.274 e. The second-order valence-electron chi connectivity index (χ2n) is 5.55. The fourth-order valence-corrected chi connectivity index (χ4v) is 2.57. The molecule has 0 unspecified atom stereocenters. The summed E-state index contributed by atoms with van der Waals surface area (Å²) in [4.78, 5) is 17.3. The molecule has 0 bridgehead atoms. The first-order chi connectivity index (χ1) is 11.1. The Morgan fingerprint density at radius 2 is 2.00 bits per heavy atom. The van der Waals surface area contributed by atoms with Crippen LogP contribution in [-0.2, 0) is 6.42 Å². The van der Waals surface area contributed by atoms with Gasteiger partial charge in [0.1, 0.15) is 17.2 Å². The Bertz CT molecular complexity index is 853. The standard InChI is InChI=1S/C18H18FN3O/c1-3-4-15-17(22-10-9-12(2)11-16(22)21-15)18(23)20-14-7-5-13(19)6-8-14/h5-11H,3-4H2,1-2H3,(H,20,23). The van der Waals surface area contributed by atoms with E-state index in [0.29, 0.717) is 11.4 Å². The van der Waals surface area contributed by atoms with E-state index < -0.39 is 0 Å². The first-order valence-corrected chi connectivity index (χ1v) is 7.63. The summed E-state index contributed by atoms with van der Waals surface area (Å²) < 4.78 is 14.8. The molecule has 2 aromatic heterocycles. The number of aryl methyl sites for hydroxylation is 2. The van der Waals surface area contributed by atoms with E-state index in [1.807, 2.05) is 25.3 Å². The summed E-state index contributed by atoms with van der Waals surface area (Å²) in [7, 11) is 0. The van der Waals surface area contributed by atoms with E-state index in [1.165, 1.54) is 12.1 Å². The monoisotopic (exact) mass is 311 g/mol. The minimum Gasteiger partial charge on any atom is -0.321 e. The lowest BCUT2D eigenvalue weighted by Gasteiger charge is -2.07. The molecule has 0 fully saturated rings. The number of benzene rings is 1. The minimum absolute atomic E-state index is 0.239. The molecule has 0 radical (unpaired) electrons. The van der Waals surface area contributed by atoms with Gasteiger partial charge in [-0.05, 0) is 55.3 Å². The van der Waals surface area contributed by atoms with Crippen molar-refractivity contribution in [3.63, 3.8) is 0 Å². The molecular formula is C18H18FN3O. The Kier molecular flexibility index (Phi) is 4.10. The summed E-state index contributed by atoms with van der Waals surface area (Å²) in [5.74, 6) is -0.573. The van der Waals surface area contributed by atoms with Gasteiger partial charge in [0.2, 0.25) is 0 Å². The summed E-state index contributed by atoms with van der Waals surface area (Å²) in [5.41, 5.74) is 3.72. The third kappa shape index (κ3) is 3.08. The molecule has 3 rings (SSSR count). The normalized spacial score (nSPS) is 10.9. The number of rotatable bonds is 4. The van der Waals surface area contributed by atoms with Gasteiger partial charge in [-0.1, -0.05) is 13.3 Å². The maximum atomic E-state index is 13.0. The second-order valence-corrected chi connectivity index (χ2v) is 5.55. The Balaban J connectivity index is 2.00. The van der Waals surface area contributed by atoms with E-state index in [0.717, 1.165) is 29.7 Å². The van der Waals surface area contributed by atoms with E-state index in [1.54, 1.807) is 16.5 Å². The SMILES string of the molecule is CCCc1nc2cc(C)ccn2c1C(=O)Nc1ccc(F)cc1. The first kappa shape index (κ1) is 15.2. The number of hydrogen-bond donors (Lipinski definition) is 1. The van der Waals surface area contributed by atoms with Crippen LogP contribution in [0.25, 0.3) is 5.65 Å². The van der Waals surface area contributed by atoms with Crippen LogP contribution in [0.3, 0.4) is 0 Å². The van der Waals surface area contributed by atoms with E-state index in [4.69, 9.17) is 0 Å². The maximum absolute atomic E-state index is 13.0. The number of anilines is 1. The molecule has 0 spiro atoms. The number of hydrogen-bond acceptors (Lipinski definition) is 2. The fourth-order valence-electron chi connectivity index (χ4n) is 2.57. The molecule has 4 nitrogen and oxygen atoms in total. The van der Waals surface area contributed by atoms with Crippen LogP contribution in [0, 0.1) is 12.7 Å². The van der Waals surface area contributed by atoms with Crippen molar-refractivity contribution in [2.45, 2.75) is 26.7 Å². The van der Waals surface area contributed by atoms with Crippen molar-refractivity contribution in [1.82, 2.24) is 9.38 Å². The van der Waals surface area contributed by atoms with Crippen molar-refractivity contribution >= 4 is 17.2 Å². The molecule has 118 valence electrons. The third-order valence-electron chi connectivity index (χ3n) is 3.66. The second kappa shape index (κ2) is 6.20. The Morgan fingerprint density at radius 1 is 1.26 bits per heavy atom. The van der Waals surface area contributed by atoms with Crippen molar-refractivity contribution in [3.05, 3.63) is 65.4 Å². The Labute approximate surface area is 134 Å². The molecule has 0 aliphatic rings. The zero-order valence-electron chi connectivity index (χ0n) is 13.1. The van der Waals surface area contributed by atoms with Crippen LogP contribution < -0.4 is 5.32 Å². The van der Waals surface area contributed by atoms with Gasteiger partial charge in [0, 0.05) is 11.9 Å². The molecule has 0 aliphatic heterocycles. The highest BCUT2D eigenvalue weighted by atomic mass is 19.1. The van der Waals surface area contributed by atoms with Crippen LogP contribution in [0.5, 0.6) is 0 Å². The van der Waals surface area contributed by atoms with Crippen molar-refractivity contribution in [3.8, 4) is 0 Å². The first-order valence-electron chi connectivity index (χ1n) is 7.63. The van der Waals surface area contributed by atoms with Crippen molar-refractivity contribution in [2.75, 3.05) is 5.32 Å². The van der Waals surface area contributed by atoms with Crippen LogP contribution in [0.4, 0.5) is 10.1 Å². The van der Waals surface area contributed by atoms with Gasteiger partial charge in [-0.15, -0.1) is 0 Å². The highest BCUT2D eigenvalue weighted by molar-refractivity contribution is 6.04. The number of nitrogens with one attached hydrogen (secondary N) is 1. The average Bonchev–Trinajstić information content (AvgIpc) is 2.87. The van der Waals surface area contributed by atoms with E-state index in [-0.39, 0.29) is 11.7 Å². The largest absolute Gasteiger partial charge is 0.321 e. The molecule has 1 amide bonds. The van der Waals surface area contributed by atoms with Gasteiger partial charge in [-0.25, -0.2) is 9.37 Å². The number of pyridine rings is 1. The maximum Gasteiger partial charge on any atom is 0.274 e. The molecule has 3 aromatic rings. The number of fused-ring (bicyclic) bond motifs is 1. The summed E-state index contributed by atoms with van der Waals surface area (Å²) in [5, 5.41) is 2.81. The lowest BCUT2D eigenvalue weighted by Crippen LogP contribution is -2.16. The van der Waals surface area contributed by atoms with E-state index in [9.17, 15) is 9.18 Å². The van der Waals surface area contributed by atoms with Gasteiger partial charge >= 0.3 is 0 Å². The van der Waals surface area contributed by atoms with E-state index >= 15 is 0 Å². The molecular weight excluding hydrogens is 293 g/mol. The predicted molar refractivity (Wildman–Crippen MR) is 88.3 cm³/mol. The number of halogens is 1.